The molecule has 0 bridgehead atoms. The Morgan fingerprint density at radius 3 is 2.70 bits per heavy atom. The van der Waals surface area contributed by atoms with Crippen molar-refractivity contribution in [3.63, 3.8) is 0 Å². The van der Waals surface area contributed by atoms with Gasteiger partial charge in [-0.2, -0.15) is 0 Å². The van der Waals surface area contributed by atoms with E-state index in [1.165, 1.54) is 18.9 Å². The van der Waals surface area contributed by atoms with Gasteiger partial charge in [-0.25, -0.2) is 4.39 Å². The van der Waals surface area contributed by atoms with Gasteiger partial charge in [0.15, 0.2) is 0 Å². The molecule has 3 nitrogen and oxygen atoms in total. The molecule has 0 radical (unpaired) electrons. The lowest BCUT2D eigenvalue weighted by Gasteiger charge is -2.24. The van der Waals surface area contributed by atoms with Crippen molar-refractivity contribution in [2.45, 2.75) is 43.8 Å². The van der Waals surface area contributed by atoms with Crippen LogP contribution in [0.25, 0.3) is 0 Å². The molecule has 4 rings (SSSR count). The van der Waals surface area contributed by atoms with Crippen LogP contribution >= 0.6 is 0 Å². The number of carbonyl (C=O) groups is 1. The van der Waals surface area contributed by atoms with Crippen LogP contribution in [0.15, 0.2) is 24.3 Å². The minimum atomic E-state index is -0.378. The van der Waals surface area contributed by atoms with Gasteiger partial charge in [0, 0.05) is 12.1 Å². The summed E-state index contributed by atoms with van der Waals surface area (Å²) in [7, 11) is 0. The van der Waals surface area contributed by atoms with Crippen LogP contribution in [0.1, 0.15) is 43.8 Å². The number of nitrogens with one attached hydrogen (secondary N) is 1. The zero-order chi connectivity index (χ0) is 13.7. The molecule has 1 unspecified atom stereocenters. The van der Waals surface area contributed by atoms with Crippen LogP contribution in [0.5, 0.6) is 0 Å². The molecule has 2 aliphatic carbocycles. The van der Waals surface area contributed by atoms with E-state index in [9.17, 15) is 9.18 Å². The zero-order valence-electron chi connectivity index (χ0n) is 11.4. The molecule has 0 aromatic heterocycles. The highest BCUT2D eigenvalue weighted by atomic mass is 19.1. The lowest BCUT2D eigenvalue weighted by Crippen LogP contribution is -2.33. The van der Waals surface area contributed by atoms with Crippen LogP contribution < -0.4 is 5.32 Å². The minimum Gasteiger partial charge on any atom is -0.321 e. The number of carbonyl (C=O) groups excluding carboxylic acids is 1. The second-order valence-corrected chi connectivity index (χ2v) is 6.38. The summed E-state index contributed by atoms with van der Waals surface area (Å²) in [6.07, 6.45) is 5.10. The molecule has 1 amide bonds. The highest BCUT2D eigenvalue weighted by molar-refractivity contribution is 5.92. The molecule has 3 fully saturated rings. The number of hydrogen-bond donors (Lipinski definition) is 1. The number of benzene rings is 1. The lowest BCUT2D eigenvalue weighted by molar-refractivity contribution is -0.131. The van der Waals surface area contributed by atoms with E-state index in [0.717, 1.165) is 31.7 Å². The Morgan fingerprint density at radius 1 is 1.30 bits per heavy atom. The molecule has 1 atom stereocenters. The largest absolute Gasteiger partial charge is 0.321 e. The number of rotatable bonds is 4. The van der Waals surface area contributed by atoms with Crippen molar-refractivity contribution in [2.24, 2.45) is 5.92 Å². The highest BCUT2D eigenvalue weighted by Crippen LogP contribution is 2.46. The summed E-state index contributed by atoms with van der Waals surface area (Å²) in [6.45, 7) is 0.747. The Labute approximate surface area is 118 Å². The van der Waals surface area contributed by atoms with Gasteiger partial charge in [0.1, 0.15) is 17.5 Å². The Kier molecular flexibility index (Phi) is 2.64. The molecular formula is C16H19FN2O. The van der Waals surface area contributed by atoms with Gasteiger partial charge in [0.2, 0.25) is 5.91 Å². The van der Waals surface area contributed by atoms with Gasteiger partial charge in [0.25, 0.3) is 0 Å². The van der Waals surface area contributed by atoms with E-state index < -0.39 is 0 Å². The van der Waals surface area contributed by atoms with Crippen molar-refractivity contribution in [3.8, 4) is 0 Å². The van der Waals surface area contributed by atoms with Gasteiger partial charge >= 0.3 is 0 Å². The molecule has 3 aliphatic rings. The standard InChI is InChI=1S/C16H19FN2O/c17-13-4-2-1-3-12(13)14-18-16(8-9-16)15(20)19(14)10-7-11-5-6-11/h1-4,11,14,18H,5-10H2. The summed E-state index contributed by atoms with van der Waals surface area (Å²) in [5, 5.41) is 3.38. The van der Waals surface area contributed by atoms with Crippen molar-refractivity contribution >= 4 is 5.91 Å². The average Bonchev–Trinajstić information content (AvgIpc) is 3.33. The second kappa shape index (κ2) is 4.29. The predicted octanol–water partition coefficient (Wildman–Crippen LogP) is 2.59. The normalized spacial score (nSPS) is 27.4. The summed E-state index contributed by atoms with van der Waals surface area (Å²) >= 11 is 0. The van der Waals surface area contributed by atoms with E-state index in [2.05, 4.69) is 5.32 Å². The van der Waals surface area contributed by atoms with Crippen LogP contribution in [-0.2, 0) is 4.79 Å². The van der Waals surface area contributed by atoms with Gasteiger partial charge in [-0.15, -0.1) is 0 Å². The molecule has 20 heavy (non-hydrogen) atoms. The van der Waals surface area contributed by atoms with Crippen molar-refractivity contribution in [1.82, 2.24) is 10.2 Å². The fraction of sp³-hybridized carbons (Fsp3) is 0.562. The monoisotopic (exact) mass is 274 g/mol. The second-order valence-electron chi connectivity index (χ2n) is 6.38. The van der Waals surface area contributed by atoms with Crippen molar-refractivity contribution in [1.29, 1.82) is 0 Å². The Morgan fingerprint density at radius 2 is 2.05 bits per heavy atom. The molecule has 4 heteroatoms. The topological polar surface area (TPSA) is 32.3 Å². The average molecular weight is 274 g/mol. The molecular weight excluding hydrogens is 255 g/mol. The fourth-order valence-electron chi connectivity index (χ4n) is 3.18. The van der Waals surface area contributed by atoms with Crippen LogP contribution in [0.3, 0.4) is 0 Å². The maximum absolute atomic E-state index is 14.0. The van der Waals surface area contributed by atoms with Crippen LogP contribution in [-0.4, -0.2) is 22.9 Å². The summed E-state index contributed by atoms with van der Waals surface area (Å²) in [4.78, 5) is 14.4. The van der Waals surface area contributed by atoms with Crippen LogP contribution in [0.4, 0.5) is 4.39 Å². The zero-order valence-corrected chi connectivity index (χ0v) is 11.4. The number of halogens is 1. The fourth-order valence-corrected chi connectivity index (χ4v) is 3.18. The van der Waals surface area contributed by atoms with Gasteiger partial charge < -0.3 is 4.90 Å². The molecule has 106 valence electrons. The molecule has 1 aromatic carbocycles. The van der Waals surface area contributed by atoms with Crippen molar-refractivity contribution < 1.29 is 9.18 Å². The van der Waals surface area contributed by atoms with E-state index in [1.54, 1.807) is 12.1 Å². The first-order valence-corrected chi connectivity index (χ1v) is 7.53. The van der Waals surface area contributed by atoms with Crippen molar-refractivity contribution in [3.05, 3.63) is 35.6 Å². The van der Waals surface area contributed by atoms with E-state index in [1.807, 2.05) is 11.0 Å². The van der Waals surface area contributed by atoms with Gasteiger partial charge in [-0.3, -0.25) is 10.1 Å². The first kappa shape index (κ1) is 12.3. The first-order chi connectivity index (χ1) is 9.70. The first-order valence-electron chi connectivity index (χ1n) is 7.53. The van der Waals surface area contributed by atoms with Gasteiger partial charge in [-0.1, -0.05) is 31.0 Å². The minimum absolute atomic E-state index is 0.173. The summed E-state index contributed by atoms with van der Waals surface area (Å²) < 4.78 is 14.0. The summed E-state index contributed by atoms with van der Waals surface area (Å²) in [5.41, 5.74) is 0.219. The molecule has 1 spiro atoms. The Bertz CT molecular complexity index is 551. The number of hydrogen-bond acceptors (Lipinski definition) is 2. The van der Waals surface area contributed by atoms with Crippen LogP contribution in [0.2, 0.25) is 0 Å². The third kappa shape index (κ3) is 1.94. The summed E-state index contributed by atoms with van der Waals surface area (Å²) in [5.74, 6) is 0.721. The van der Waals surface area contributed by atoms with E-state index in [-0.39, 0.29) is 23.4 Å². The molecule has 1 saturated heterocycles. The third-order valence-corrected chi connectivity index (χ3v) is 4.82. The molecule has 1 N–H and O–H groups in total. The Hall–Kier alpha value is -1.42. The van der Waals surface area contributed by atoms with E-state index in [4.69, 9.17) is 0 Å². The molecule has 1 aliphatic heterocycles. The van der Waals surface area contributed by atoms with Crippen molar-refractivity contribution in [2.75, 3.05) is 6.54 Å². The van der Waals surface area contributed by atoms with E-state index >= 15 is 0 Å². The number of nitrogens with zero attached hydrogens (tertiary/aromatic N) is 1. The Balaban J connectivity index is 1.61. The van der Waals surface area contributed by atoms with Gasteiger partial charge in [-0.05, 0) is 31.2 Å². The quantitative estimate of drug-likeness (QED) is 0.915. The van der Waals surface area contributed by atoms with Gasteiger partial charge in [0.05, 0.1) is 0 Å². The van der Waals surface area contributed by atoms with Crippen LogP contribution in [0, 0.1) is 11.7 Å². The maximum Gasteiger partial charge on any atom is 0.244 e. The maximum atomic E-state index is 14.0. The SMILES string of the molecule is O=C1N(CCC2CC2)C(c2ccccc2F)NC12CC2. The highest BCUT2D eigenvalue weighted by Gasteiger charge is 2.59. The van der Waals surface area contributed by atoms with E-state index in [0.29, 0.717) is 5.56 Å². The predicted molar refractivity (Wildman–Crippen MR) is 73.3 cm³/mol. The summed E-state index contributed by atoms with van der Waals surface area (Å²) in [6, 6.07) is 6.78. The smallest absolute Gasteiger partial charge is 0.244 e. The molecule has 1 heterocycles. The molecule has 2 saturated carbocycles. The lowest BCUT2D eigenvalue weighted by atomic mass is 10.1. The molecule has 1 aromatic rings. The third-order valence-electron chi connectivity index (χ3n) is 4.82. The number of amides is 1.